The number of nitrogens with one attached hydrogen (secondary N) is 1. The molecule has 2 aromatic rings. The summed E-state index contributed by atoms with van der Waals surface area (Å²) in [4.78, 5) is 16.2. The molecular formula is C14H14BrN3O3. The van der Waals surface area contributed by atoms with Crippen LogP contribution in [0.5, 0.6) is 0 Å². The number of anilines is 1. The lowest BCUT2D eigenvalue weighted by Crippen LogP contribution is -2.12. The highest BCUT2D eigenvalue weighted by atomic mass is 79.9. The summed E-state index contributed by atoms with van der Waals surface area (Å²) in [6.45, 7) is 1.69. The van der Waals surface area contributed by atoms with Gasteiger partial charge < -0.3 is 20.3 Å². The Labute approximate surface area is 130 Å². The molecule has 6 nitrogen and oxygen atoms in total. The first-order valence-electron chi connectivity index (χ1n) is 6.12. The van der Waals surface area contributed by atoms with Gasteiger partial charge in [-0.05, 0) is 45.8 Å². The molecular weight excluding hydrogens is 338 g/mol. The summed E-state index contributed by atoms with van der Waals surface area (Å²) in [5, 5.41) is 6.48. The SMILES string of the molecule is CC(=O)Nc1cccc(CON=C(N)c2ccc(Br)o2)c1. The smallest absolute Gasteiger partial charge is 0.221 e. The highest BCUT2D eigenvalue weighted by Crippen LogP contribution is 2.14. The van der Waals surface area contributed by atoms with Crippen molar-refractivity contribution in [3.8, 4) is 0 Å². The van der Waals surface area contributed by atoms with Crippen molar-refractivity contribution in [1.29, 1.82) is 0 Å². The van der Waals surface area contributed by atoms with Gasteiger partial charge in [0.05, 0.1) is 0 Å². The number of hydrogen-bond acceptors (Lipinski definition) is 4. The summed E-state index contributed by atoms with van der Waals surface area (Å²) < 4.78 is 5.81. The molecule has 0 atom stereocenters. The van der Waals surface area contributed by atoms with Gasteiger partial charge in [0.1, 0.15) is 6.61 Å². The van der Waals surface area contributed by atoms with Crippen LogP contribution >= 0.6 is 15.9 Å². The van der Waals surface area contributed by atoms with Gasteiger partial charge in [-0.2, -0.15) is 0 Å². The van der Waals surface area contributed by atoms with Crippen LogP contribution in [0.1, 0.15) is 18.2 Å². The topological polar surface area (TPSA) is 89.8 Å². The molecule has 1 heterocycles. The molecule has 1 amide bonds. The third-order valence-corrected chi connectivity index (χ3v) is 2.89. The fraction of sp³-hybridized carbons (Fsp3) is 0.143. The largest absolute Gasteiger partial charge is 0.446 e. The summed E-state index contributed by atoms with van der Waals surface area (Å²) in [6.07, 6.45) is 0. The van der Waals surface area contributed by atoms with Crippen LogP contribution < -0.4 is 11.1 Å². The number of carbonyl (C=O) groups is 1. The number of carbonyl (C=O) groups excluding carboxylic acids is 1. The van der Waals surface area contributed by atoms with E-state index in [4.69, 9.17) is 15.0 Å². The minimum Gasteiger partial charge on any atom is -0.446 e. The Hall–Kier alpha value is -2.28. The lowest BCUT2D eigenvalue weighted by Gasteiger charge is -2.05. The van der Waals surface area contributed by atoms with Crippen LogP contribution in [-0.2, 0) is 16.2 Å². The summed E-state index contributed by atoms with van der Waals surface area (Å²) in [6, 6.07) is 10.7. The number of hydrogen-bond donors (Lipinski definition) is 2. The summed E-state index contributed by atoms with van der Waals surface area (Å²) in [5.41, 5.74) is 7.29. The number of rotatable bonds is 5. The number of nitrogens with two attached hydrogens (primary N) is 1. The highest BCUT2D eigenvalue weighted by molar-refractivity contribution is 9.10. The monoisotopic (exact) mass is 351 g/mol. The first-order valence-corrected chi connectivity index (χ1v) is 6.91. The van der Waals surface area contributed by atoms with Crippen molar-refractivity contribution in [2.45, 2.75) is 13.5 Å². The van der Waals surface area contributed by atoms with Gasteiger partial charge in [-0.15, -0.1) is 0 Å². The summed E-state index contributed by atoms with van der Waals surface area (Å²) in [5.74, 6) is 0.450. The van der Waals surface area contributed by atoms with Crippen molar-refractivity contribution in [3.63, 3.8) is 0 Å². The fourth-order valence-corrected chi connectivity index (χ4v) is 1.92. The molecule has 0 saturated heterocycles. The number of furan rings is 1. The summed E-state index contributed by atoms with van der Waals surface area (Å²) in [7, 11) is 0. The average molecular weight is 352 g/mol. The van der Waals surface area contributed by atoms with Gasteiger partial charge in [0.25, 0.3) is 0 Å². The molecule has 0 aliphatic rings. The molecule has 0 aliphatic heterocycles. The maximum atomic E-state index is 11.0. The van der Waals surface area contributed by atoms with E-state index in [0.29, 0.717) is 16.1 Å². The molecule has 110 valence electrons. The van der Waals surface area contributed by atoms with E-state index in [0.717, 1.165) is 5.56 Å². The zero-order chi connectivity index (χ0) is 15.2. The molecule has 1 aromatic heterocycles. The average Bonchev–Trinajstić information content (AvgIpc) is 2.85. The highest BCUT2D eigenvalue weighted by Gasteiger charge is 2.05. The van der Waals surface area contributed by atoms with Crippen LogP contribution in [0.25, 0.3) is 0 Å². The van der Waals surface area contributed by atoms with E-state index in [1.165, 1.54) is 6.92 Å². The van der Waals surface area contributed by atoms with E-state index >= 15 is 0 Å². The Balaban J connectivity index is 1.95. The minimum absolute atomic E-state index is 0.126. The molecule has 2 rings (SSSR count). The number of benzene rings is 1. The Morgan fingerprint density at radius 3 is 2.90 bits per heavy atom. The number of nitrogens with zero attached hydrogens (tertiary/aromatic N) is 1. The molecule has 21 heavy (non-hydrogen) atoms. The maximum Gasteiger partial charge on any atom is 0.221 e. The van der Waals surface area contributed by atoms with Crippen molar-refractivity contribution < 1.29 is 14.0 Å². The van der Waals surface area contributed by atoms with E-state index in [1.54, 1.807) is 24.3 Å². The number of amidine groups is 1. The van der Waals surface area contributed by atoms with Crippen molar-refractivity contribution in [1.82, 2.24) is 0 Å². The van der Waals surface area contributed by atoms with E-state index in [9.17, 15) is 4.79 Å². The second kappa shape index (κ2) is 6.94. The second-order valence-corrected chi connectivity index (χ2v) is 5.02. The van der Waals surface area contributed by atoms with Gasteiger partial charge in [-0.25, -0.2) is 0 Å². The number of halogens is 1. The third kappa shape index (κ3) is 4.64. The zero-order valence-corrected chi connectivity index (χ0v) is 12.9. The van der Waals surface area contributed by atoms with Crippen LogP contribution in [-0.4, -0.2) is 11.7 Å². The van der Waals surface area contributed by atoms with Crippen molar-refractivity contribution in [2.24, 2.45) is 10.9 Å². The van der Waals surface area contributed by atoms with Crippen LogP contribution in [0.4, 0.5) is 5.69 Å². The van der Waals surface area contributed by atoms with Gasteiger partial charge >= 0.3 is 0 Å². The van der Waals surface area contributed by atoms with E-state index in [-0.39, 0.29) is 18.3 Å². The van der Waals surface area contributed by atoms with Crippen LogP contribution in [0, 0.1) is 0 Å². The molecule has 0 radical (unpaired) electrons. The molecule has 3 N–H and O–H groups in total. The van der Waals surface area contributed by atoms with Gasteiger partial charge in [0.15, 0.2) is 10.4 Å². The fourth-order valence-electron chi connectivity index (χ4n) is 1.62. The second-order valence-electron chi connectivity index (χ2n) is 4.24. The Kier molecular flexibility index (Phi) is 4.99. The quantitative estimate of drug-likeness (QED) is 0.492. The van der Waals surface area contributed by atoms with Gasteiger partial charge in [0, 0.05) is 12.6 Å². The Bertz CT molecular complexity index is 667. The summed E-state index contributed by atoms with van der Waals surface area (Å²) >= 11 is 3.18. The molecule has 0 aliphatic carbocycles. The first-order chi connectivity index (χ1) is 10.0. The van der Waals surface area contributed by atoms with Crippen molar-refractivity contribution >= 4 is 33.4 Å². The Morgan fingerprint density at radius 2 is 2.24 bits per heavy atom. The predicted molar refractivity (Wildman–Crippen MR) is 82.7 cm³/mol. The number of amides is 1. The van der Waals surface area contributed by atoms with Gasteiger partial charge in [-0.1, -0.05) is 17.3 Å². The van der Waals surface area contributed by atoms with E-state index in [2.05, 4.69) is 26.4 Å². The van der Waals surface area contributed by atoms with Crippen molar-refractivity contribution in [2.75, 3.05) is 5.32 Å². The predicted octanol–water partition coefficient (Wildman–Crippen LogP) is 2.84. The molecule has 0 saturated carbocycles. The zero-order valence-electron chi connectivity index (χ0n) is 11.3. The molecule has 0 bridgehead atoms. The van der Waals surface area contributed by atoms with Crippen molar-refractivity contribution in [3.05, 3.63) is 52.4 Å². The van der Waals surface area contributed by atoms with E-state index in [1.807, 2.05) is 12.1 Å². The standard InChI is InChI=1S/C14H14BrN3O3/c1-9(19)17-11-4-2-3-10(7-11)8-20-18-14(16)12-5-6-13(15)21-12/h2-7H,8H2,1H3,(H2,16,18)(H,17,19). The van der Waals surface area contributed by atoms with E-state index < -0.39 is 0 Å². The van der Waals surface area contributed by atoms with Crippen LogP contribution in [0.3, 0.4) is 0 Å². The molecule has 0 spiro atoms. The normalized spacial score (nSPS) is 11.2. The third-order valence-electron chi connectivity index (χ3n) is 2.47. The molecule has 7 heteroatoms. The van der Waals surface area contributed by atoms with Gasteiger partial charge in [-0.3, -0.25) is 4.79 Å². The van der Waals surface area contributed by atoms with Crippen LogP contribution in [0.15, 0.2) is 50.6 Å². The molecule has 0 unspecified atom stereocenters. The lowest BCUT2D eigenvalue weighted by atomic mass is 10.2. The minimum atomic E-state index is -0.126. The lowest BCUT2D eigenvalue weighted by molar-refractivity contribution is -0.114. The first kappa shape index (κ1) is 15.1. The number of oxime groups is 1. The maximum absolute atomic E-state index is 11.0. The Morgan fingerprint density at radius 1 is 1.43 bits per heavy atom. The van der Waals surface area contributed by atoms with Gasteiger partial charge in [0.2, 0.25) is 11.7 Å². The van der Waals surface area contributed by atoms with Crippen LogP contribution in [0.2, 0.25) is 0 Å². The molecule has 0 fully saturated rings. The molecule has 1 aromatic carbocycles.